The van der Waals surface area contributed by atoms with E-state index in [-0.39, 0.29) is 5.56 Å². The minimum atomic E-state index is -6.37. The Kier molecular flexibility index (Phi) is 8.86. The number of ether oxygens (including phenoxy) is 2. The molecule has 0 heterocycles. The number of rotatable bonds is 8. The zero-order valence-corrected chi connectivity index (χ0v) is 19.0. The number of alkyl halides is 5. The fourth-order valence-electron chi connectivity index (χ4n) is 1.86. The first-order valence-electron chi connectivity index (χ1n) is 7.26. The summed E-state index contributed by atoms with van der Waals surface area (Å²) in [6, 6.07) is 4.80. The van der Waals surface area contributed by atoms with E-state index in [9.17, 15) is 35.2 Å². The second-order valence-corrected chi connectivity index (χ2v) is 9.47. The van der Waals surface area contributed by atoms with Gasteiger partial charge in [-0.05, 0) is 70.3 Å². The normalized spacial score (nSPS) is 15.2. The standard InChI is InChI=1S/C14H13F5I2O6S/c1-7(27-12(13(15,16)17)14(18,19)28(23,24)25)2-3-26-11(22)8-4-9(20)6-10(21)5-8/h4-7,12H,2-3H2,1H3,(H,23,24,25). The van der Waals surface area contributed by atoms with Gasteiger partial charge in [0, 0.05) is 13.6 Å². The van der Waals surface area contributed by atoms with Crippen LogP contribution in [-0.4, -0.2) is 49.2 Å². The molecule has 0 amide bonds. The van der Waals surface area contributed by atoms with Crippen LogP contribution in [-0.2, 0) is 19.6 Å². The summed E-state index contributed by atoms with van der Waals surface area (Å²) in [5.74, 6) is -0.778. The number of esters is 1. The zero-order valence-electron chi connectivity index (χ0n) is 13.8. The minimum absolute atomic E-state index is 0.191. The summed E-state index contributed by atoms with van der Waals surface area (Å²) in [5, 5.41) is -5.60. The summed E-state index contributed by atoms with van der Waals surface area (Å²) in [6.45, 7) is 0.491. The first kappa shape index (κ1) is 25.7. The summed E-state index contributed by atoms with van der Waals surface area (Å²) in [7, 11) is -6.37. The number of carbonyl (C=O) groups is 1. The van der Waals surface area contributed by atoms with E-state index >= 15 is 0 Å². The van der Waals surface area contributed by atoms with Crippen LogP contribution in [0.4, 0.5) is 22.0 Å². The molecule has 1 aromatic carbocycles. The van der Waals surface area contributed by atoms with E-state index in [4.69, 9.17) is 9.29 Å². The van der Waals surface area contributed by atoms with Gasteiger partial charge in [-0.15, -0.1) is 0 Å². The molecule has 2 unspecified atom stereocenters. The van der Waals surface area contributed by atoms with Gasteiger partial charge in [0.05, 0.1) is 18.3 Å². The van der Waals surface area contributed by atoms with Gasteiger partial charge in [-0.25, -0.2) is 4.79 Å². The molecule has 2 atom stereocenters. The second kappa shape index (κ2) is 9.65. The van der Waals surface area contributed by atoms with Gasteiger partial charge in [0.15, 0.2) is 0 Å². The molecule has 0 fully saturated rings. The van der Waals surface area contributed by atoms with Crippen LogP contribution in [0.1, 0.15) is 23.7 Å². The second-order valence-electron chi connectivity index (χ2n) is 5.49. The van der Waals surface area contributed by atoms with Crippen molar-refractivity contribution in [1.29, 1.82) is 0 Å². The topological polar surface area (TPSA) is 89.9 Å². The van der Waals surface area contributed by atoms with Crippen molar-refractivity contribution < 1.29 is 49.2 Å². The first-order chi connectivity index (χ1) is 12.6. The molecule has 0 radical (unpaired) electrons. The van der Waals surface area contributed by atoms with Gasteiger partial charge in [-0.3, -0.25) is 4.55 Å². The molecule has 160 valence electrons. The highest BCUT2D eigenvalue weighted by Gasteiger charge is 2.64. The monoisotopic (exact) mass is 658 g/mol. The van der Waals surface area contributed by atoms with Crippen LogP contribution < -0.4 is 0 Å². The van der Waals surface area contributed by atoms with Gasteiger partial charge in [0.2, 0.25) is 6.10 Å². The predicted octanol–water partition coefficient (Wildman–Crippen LogP) is 4.26. The van der Waals surface area contributed by atoms with Crippen molar-refractivity contribution in [2.75, 3.05) is 6.61 Å². The summed E-state index contributed by atoms with van der Waals surface area (Å²) in [6.07, 6.45) is -11.9. The summed E-state index contributed by atoms with van der Waals surface area (Å²) in [4.78, 5) is 11.9. The van der Waals surface area contributed by atoms with E-state index in [1.54, 1.807) is 6.07 Å². The number of hydrogen-bond acceptors (Lipinski definition) is 5. The lowest BCUT2D eigenvalue weighted by Gasteiger charge is -2.29. The lowest BCUT2D eigenvalue weighted by molar-refractivity contribution is -0.275. The van der Waals surface area contributed by atoms with E-state index in [0.717, 1.165) is 14.1 Å². The highest BCUT2D eigenvalue weighted by molar-refractivity contribution is 14.1. The van der Waals surface area contributed by atoms with Crippen LogP contribution in [0.25, 0.3) is 0 Å². The van der Waals surface area contributed by atoms with Crippen molar-refractivity contribution in [1.82, 2.24) is 0 Å². The highest BCUT2D eigenvalue weighted by Crippen LogP contribution is 2.38. The molecule has 0 aliphatic heterocycles. The quantitative estimate of drug-likeness (QED) is 0.195. The largest absolute Gasteiger partial charge is 0.462 e. The lowest BCUT2D eigenvalue weighted by Crippen LogP contribution is -2.52. The fourth-order valence-corrected chi connectivity index (χ4v) is 4.25. The van der Waals surface area contributed by atoms with Crippen LogP contribution in [0, 0.1) is 7.14 Å². The molecule has 1 N–H and O–H groups in total. The Morgan fingerprint density at radius 3 is 2.07 bits per heavy atom. The minimum Gasteiger partial charge on any atom is -0.462 e. The highest BCUT2D eigenvalue weighted by atomic mass is 127. The van der Waals surface area contributed by atoms with Crippen molar-refractivity contribution in [3.63, 3.8) is 0 Å². The molecule has 0 aromatic heterocycles. The molecule has 0 saturated heterocycles. The number of halogens is 7. The summed E-state index contributed by atoms with van der Waals surface area (Å²) >= 11 is 3.93. The molecule has 1 rings (SSSR count). The number of benzene rings is 1. The lowest BCUT2D eigenvalue weighted by atomic mass is 10.2. The predicted molar refractivity (Wildman–Crippen MR) is 104 cm³/mol. The third kappa shape index (κ3) is 7.17. The van der Waals surface area contributed by atoms with Gasteiger partial charge in [-0.1, -0.05) is 0 Å². The molecule has 0 aliphatic rings. The van der Waals surface area contributed by atoms with Crippen molar-refractivity contribution in [3.8, 4) is 0 Å². The number of carbonyl (C=O) groups excluding carboxylic acids is 1. The molecule has 0 aliphatic carbocycles. The van der Waals surface area contributed by atoms with E-state index in [1.807, 2.05) is 45.2 Å². The smallest absolute Gasteiger partial charge is 0.421 e. The van der Waals surface area contributed by atoms with E-state index < -0.39 is 52.8 Å². The maximum absolute atomic E-state index is 13.4. The molecule has 0 saturated carbocycles. The maximum Gasteiger partial charge on any atom is 0.421 e. The van der Waals surface area contributed by atoms with Crippen LogP contribution in [0.2, 0.25) is 0 Å². The molecule has 6 nitrogen and oxygen atoms in total. The van der Waals surface area contributed by atoms with Crippen molar-refractivity contribution >= 4 is 61.3 Å². The van der Waals surface area contributed by atoms with Gasteiger partial charge in [0.1, 0.15) is 0 Å². The average Bonchev–Trinajstić information content (AvgIpc) is 2.49. The Hall–Kier alpha value is -0.330. The fraction of sp³-hybridized carbons (Fsp3) is 0.500. The Morgan fingerprint density at radius 2 is 1.64 bits per heavy atom. The number of hydrogen-bond donors (Lipinski definition) is 1. The van der Waals surface area contributed by atoms with E-state index in [1.165, 1.54) is 12.1 Å². The van der Waals surface area contributed by atoms with Crippen molar-refractivity contribution in [2.45, 2.75) is 37.0 Å². The van der Waals surface area contributed by atoms with Gasteiger partial charge < -0.3 is 9.47 Å². The third-order valence-corrected chi connectivity index (χ3v) is 5.32. The Labute approximate surface area is 184 Å². The third-order valence-electron chi connectivity index (χ3n) is 3.17. The van der Waals surface area contributed by atoms with Crippen LogP contribution in [0.3, 0.4) is 0 Å². The molecular formula is C14H13F5I2O6S. The van der Waals surface area contributed by atoms with Gasteiger partial charge in [0.25, 0.3) is 0 Å². The van der Waals surface area contributed by atoms with E-state index in [0.29, 0.717) is 0 Å². The van der Waals surface area contributed by atoms with Gasteiger partial charge in [-0.2, -0.15) is 30.4 Å². The maximum atomic E-state index is 13.4. The van der Waals surface area contributed by atoms with Crippen molar-refractivity contribution in [2.24, 2.45) is 0 Å². The molecule has 14 heteroatoms. The van der Waals surface area contributed by atoms with E-state index in [2.05, 4.69) is 4.74 Å². The van der Waals surface area contributed by atoms with Gasteiger partial charge >= 0.3 is 27.5 Å². The molecule has 28 heavy (non-hydrogen) atoms. The Morgan fingerprint density at radius 1 is 1.14 bits per heavy atom. The summed E-state index contributed by atoms with van der Waals surface area (Å²) in [5.41, 5.74) is 0.191. The SMILES string of the molecule is CC(CCOC(=O)c1cc(I)cc(I)c1)OC(C(F)(F)F)C(F)(F)S(=O)(=O)O. The molecule has 1 aromatic rings. The molecule has 0 spiro atoms. The Balaban J connectivity index is 2.73. The average molecular weight is 658 g/mol. The van der Waals surface area contributed by atoms with Crippen LogP contribution in [0.5, 0.6) is 0 Å². The first-order valence-corrected chi connectivity index (χ1v) is 10.9. The van der Waals surface area contributed by atoms with Crippen LogP contribution in [0.15, 0.2) is 18.2 Å². The molecule has 0 bridgehead atoms. The zero-order chi connectivity index (χ0) is 21.9. The van der Waals surface area contributed by atoms with Crippen molar-refractivity contribution in [3.05, 3.63) is 30.9 Å². The van der Waals surface area contributed by atoms with Crippen LogP contribution >= 0.6 is 45.2 Å². The summed E-state index contributed by atoms with van der Waals surface area (Å²) < 4.78 is 105. The Bertz CT molecular complexity index is 795. The molecular weight excluding hydrogens is 645 g/mol.